The highest BCUT2D eigenvalue weighted by atomic mass is 28.3. The molecule has 0 amide bonds. The number of benzene rings is 10. The predicted molar refractivity (Wildman–Crippen MR) is 301 cm³/mol. The van der Waals surface area contributed by atoms with Gasteiger partial charge in [-0.05, 0) is 119 Å². The van der Waals surface area contributed by atoms with Crippen LogP contribution in [0, 0.1) is 27.7 Å². The number of fused-ring (bicyclic) bond motifs is 16. The zero-order chi connectivity index (χ0) is 48.4. The first-order valence-electron chi connectivity index (χ1n) is 25.3. The van der Waals surface area contributed by atoms with Gasteiger partial charge in [0, 0.05) is 57.9 Å². The molecule has 0 fully saturated rings. The van der Waals surface area contributed by atoms with Crippen molar-refractivity contribution in [3.8, 4) is 46.0 Å². The van der Waals surface area contributed by atoms with Crippen LogP contribution in [-0.4, -0.2) is 21.5 Å². The monoisotopic (exact) mass is 954 g/mol. The second-order valence-corrected chi connectivity index (χ2v) is 24.3. The predicted octanol–water partition coefficient (Wildman–Crippen LogP) is 9.32. The van der Waals surface area contributed by atoms with Gasteiger partial charge >= 0.3 is 0 Å². The molecular weight excluding hydrogens is 910 g/mol. The fourth-order valence-corrected chi connectivity index (χ4v) is 18.8. The SMILES string of the molecule is Cc1ccc2c(c1)B1c3cc(C)ccc3Oc3cc(N4c5ccccc5[Si]5(c6ccccc64)c4ccccc4N(c4cc6c7c(c4)Oc4ccc(C)cc4B7c4cc(C)ccc4O6)c4ccccc45)cc(c31)O2. The van der Waals surface area contributed by atoms with Gasteiger partial charge in [-0.1, -0.05) is 144 Å². The Morgan fingerprint density at radius 2 is 0.562 bits per heavy atom. The van der Waals surface area contributed by atoms with Crippen LogP contribution >= 0.6 is 0 Å². The first-order valence-corrected chi connectivity index (χ1v) is 27.3. The lowest BCUT2D eigenvalue weighted by atomic mass is 9.34. The Balaban J connectivity index is 0.894. The van der Waals surface area contributed by atoms with E-state index in [1.165, 1.54) is 64.9 Å². The third-order valence-electron chi connectivity index (χ3n) is 16.3. The third kappa shape index (κ3) is 5.55. The Bertz CT molecular complexity index is 3600. The highest BCUT2D eigenvalue weighted by Gasteiger charge is 2.54. The Labute approximate surface area is 425 Å². The lowest BCUT2D eigenvalue weighted by Crippen LogP contribution is -2.79. The van der Waals surface area contributed by atoms with Crippen molar-refractivity contribution in [3.05, 3.63) is 216 Å². The third-order valence-corrected chi connectivity index (χ3v) is 21.2. The van der Waals surface area contributed by atoms with Crippen LogP contribution in [0.15, 0.2) is 194 Å². The molecule has 0 bridgehead atoms. The Morgan fingerprint density at radius 1 is 0.301 bits per heavy atom. The number of rotatable bonds is 2. The van der Waals surface area contributed by atoms with Gasteiger partial charge in [-0.3, -0.25) is 0 Å². The Hall–Kier alpha value is -8.65. The molecule has 0 radical (unpaired) electrons. The van der Waals surface area contributed by atoms with Crippen LogP contribution in [-0.2, 0) is 0 Å². The van der Waals surface area contributed by atoms with Gasteiger partial charge < -0.3 is 28.7 Å². The summed E-state index contributed by atoms with van der Waals surface area (Å²) >= 11 is 0. The fourth-order valence-electron chi connectivity index (χ4n) is 13.3. The number of aryl methyl sites for hydroxylation is 4. The van der Waals surface area contributed by atoms with Crippen molar-refractivity contribution < 1.29 is 18.9 Å². The van der Waals surface area contributed by atoms with Crippen molar-refractivity contribution in [3.63, 3.8) is 0 Å². The largest absolute Gasteiger partial charge is 0.458 e. The molecule has 0 saturated carbocycles. The van der Waals surface area contributed by atoms with Crippen molar-refractivity contribution in [2.75, 3.05) is 9.80 Å². The lowest BCUT2D eigenvalue weighted by molar-refractivity contribution is 0.464. The van der Waals surface area contributed by atoms with E-state index in [0.29, 0.717) is 0 Å². The van der Waals surface area contributed by atoms with Crippen LogP contribution in [0.1, 0.15) is 22.3 Å². The molecule has 6 aliphatic heterocycles. The highest BCUT2D eigenvalue weighted by molar-refractivity contribution is 7.23. The molecule has 0 unspecified atom stereocenters. The van der Waals surface area contributed by atoms with E-state index < -0.39 is 8.07 Å². The number of para-hydroxylation sites is 4. The van der Waals surface area contributed by atoms with Crippen LogP contribution in [0.25, 0.3) is 0 Å². The molecule has 73 heavy (non-hydrogen) atoms. The number of anilines is 6. The van der Waals surface area contributed by atoms with Crippen molar-refractivity contribution >= 4 is 109 Å². The molecular formula is C64H44B2N2O4Si. The van der Waals surface area contributed by atoms with Crippen LogP contribution in [0.4, 0.5) is 34.1 Å². The summed E-state index contributed by atoms with van der Waals surface area (Å²) in [6.07, 6.45) is 0. The van der Waals surface area contributed by atoms with Gasteiger partial charge in [-0.25, -0.2) is 0 Å². The standard InChI is InChI=1S/C64H44B2N2O4Si/c1-37-21-25-51-43(29-37)65-44-30-38(2)22-26-52(44)70-56-34-41(33-55(69-51)63(56)65)67-47-13-5-9-17-59(47)73(60-18-10-6-14-48(60)67)61-19-11-7-15-49(61)68(50-16-8-12-20-62(50)73)42-35-57-64-58(36-42)72-54-28-24-40(4)32-46(54)66(64)45-31-39(3)23-27-53(45)71-57/h5-36H,1-4H3. The van der Waals surface area contributed by atoms with Crippen molar-refractivity contribution in [1.29, 1.82) is 0 Å². The number of hydrogen-bond acceptors (Lipinski definition) is 6. The first kappa shape index (κ1) is 41.0. The summed E-state index contributed by atoms with van der Waals surface area (Å²) in [5.41, 5.74) is 18.2. The van der Waals surface area contributed by atoms with Crippen molar-refractivity contribution in [1.82, 2.24) is 0 Å². The van der Waals surface area contributed by atoms with E-state index in [1.807, 2.05) is 0 Å². The maximum absolute atomic E-state index is 6.97. The van der Waals surface area contributed by atoms with E-state index >= 15 is 0 Å². The molecule has 9 heteroatoms. The van der Waals surface area contributed by atoms with Gasteiger partial charge in [0.05, 0.1) is 11.4 Å². The maximum atomic E-state index is 6.97. The van der Waals surface area contributed by atoms with Gasteiger partial charge in [0.2, 0.25) is 0 Å². The first-order chi connectivity index (χ1) is 35.8. The molecule has 0 saturated heterocycles. The highest BCUT2D eigenvalue weighted by Crippen LogP contribution is 2.48. The van der Waals surface area contributed by atoms with E-state index in [1.54, 1.807) is 0 Å². The minimum Gasteiger partial charge on any atom is -0.458 e. The van der Waals surface area contributed by atoms with Crippen LogP contribution < -0.4 is 82.3 Å². The molecule has 0 N–H and O–H groups in total. The zero-order valence-corrected chi connectivity index (χ0v) is 41.7. The molecule has 344 valence electrons. The van der Waals surface area contributed by atoms with Gasteiger partial charge in [-0.2, -0.15) is 0 Å². The zero-order valence-electron chi connectivity index (χ0n) is 40.7. The molecule has 6 nitrogen and oxygen atoms in total. The summed E-state index contributed by atoms with van der Waals surface area (Å²) in [5, 5.41) is 5.26. The molecule has 10 aromatic carbocycles. The van der Waals surface area contributed by atoms with Gasteiger partial charge in [-0.15, -0.1) is 0 Å². The quantitative estimate of drug-likeness (QED) is 0.161. The van der Waals surface area contributed by atoms with E-state index in [2.05, 4.69) is 232 Å². The average molecular weight is 955 g/mol. The number of ether oxygens (including phenoxy) is 4. The topological polar surface area (TPSA) is 43.4 Å². The summed E-state index contributed by atoms with van der Waals surface area (Å²) in [6, 6.07) is 71.6. The molecule has 1 spiro atoms. The molecule has 10 aromatic rings. The molecule has 0 aromatic heterocycles. The van der Waals surface area contributed by atoms with E-state index in [9.17, 15) is 0 Å². The molecule has 6 aliphatic rings. The van der Waals surface area contributed by atoms with Crippen molar-refractivity contribution in [2.24, 2.45) is 0 Å². The van der Waals surface area contributed by atoms with Gasteiger partial charge in [0.25, 0.3) is 13.4 Å². The van der Waals surface area contributed by atoms with E-state index in [4.69, 9.17) is 18.9 Å². The molecule has 16 rings (SSSR count). The summed E-state index contributed by atoms with van der Waals surface area (Å²) in [6.45, 7) is 8.58. The minimum atomic E-state index is -3.12. The second kappa shape index (κ2) is 14.7. The lowest BCUT2D eigenvalue weighted by Gasteiger charge is -2.50. The van der Waals surface area contributed by atoms with Crippen molar-refractivity contribution in [2.45, 2.75) is 27.7 Å². The second-order valence-electron chi connectivity index (χ2n) is 20.6. The smallest absolute Gasteiger partial charge is 0.260 e. The van der Waals surface area contributed by atoms with Crippen LogP contribution in [0.2, 0.25) is 0 Å². The maximum Gasteiger partial charge on any atom is 0.260 e. The summed E-state index contributed by atoms with van der Waals surface area (Å²) in [7, 11) is -3.12. The number of hydrogen-bond donors (Lipinski definition) is 0. The van der Waals surface area contributed by atoms with Gasteiger partial charge in [0.1, 0.15) is 46.0 Å². The Kier molecular flexibility index (Phi) is 8.27. The average Bonchev–Trinajstić information content (AvgIpc) is 3.43. The van der Waals surface area contributed by atoms with E-state index in [0.717, 1.165) is 91.0 Å². The summed E-state index contributed by atoms with van der Waals surface area (Å²) < 4.78 is 27.9. The van der Waals surface area contributed by atoms with Crippen LogP contribution in [0.5, 0.6) is 46.0 Å². The molecule has 0 aliphatic carbocycles. The summed E-state index contributed by atoms with van der Waals surface area (Å²) in [5.74, 6) is 6.80. The van der Waals surface area contributed by atoms with Gasteiger partial charge in [0.15, 0.2) is 8.07 Å². The normalized spacial score (nSPS) is 14.7. The Morgan fingerprint density at radius 3 is 0.836 bits per heavy atom. The summed E-state index contributed by atoms with van der Waals surface area (Å²) in [4.78, 5) is 4.90. The molecule has 6 heterocycles. The minimum absolute atomic E-state index is 0.0186. The fraction of sp³-hybridized carbons (Fsp3) is 0.0625. The molecule has 0 atom stereocenters. The van der Waals surface area contributed by atoms with E-state index in [-0.39, 0.29) is 13.4 Å². The van der Waals surface area contributed by atoms with Crippen LogP contribution in [0.3, 0.4) is 0 Å². The number of nitrogens with zero attached hydrogens (tertiary/aromatic N) is 2.